The highest BCUT2D eigenvalue weighted by Crippen LogP contribution is 2.23. The van der Waals surface area contributed by atoms with E-state index in [4.69, 9.17) is 5.73 Å². The van der Waals surface area contributed by atoms with Gasteiger partial charge in [0, 0.05) is 12.2 Å². The number of benzene rings is 1. The van der Waals surface area contributed by atoms with Gasteiger partial charge in [-0.25, -0.2) is 0 Å². The molecule has 0 aromatic heterocycles. The van der Waals surface area contributed by atoms with Crippen LogP contribution in [-0.2, 0) is 4.79 Å². The lowest BCUT2D eigenvalue weighted by atomic mass is 10.2. The molecular weight excluding hydrogens is 310 g/mol. The van der Waals surface area contributed by atoms with Gasteiger partial charge in [0.2, 0.25) is 5.91 Å². The number of amides is 2. The zero-order valence-electron chi connectivity index (χ0n) is 11.0. The highest BCUT2D eigenvalue weighted by atomic mass is 79.9. The van der Waals surface area contributed by atoms with Crippen molar-refractivity contribution in [3.63, 3.8) is 0 Å². The van der Waals surface area contributed by atoms with Gasteiger partial charge in [0.1, 0.15) is 0 Å². The Kier molecular flexibility index (Phi) is 5.82. The molecule has 0 heterocycles. The molecule has 4 N–H and O–H groups in total. The maximum atomic E-state index is 11.9. The number of hydrogen-bond donors (Lipinski definition) is 3. The molecule has 0 saturated carbocycles. The summed E-state index contributed by atoms with van der Waals surface area (Å²) >= 11 is 3.25. The zero-order valence-corrected chi connectivity index (χ0v) is 12.6. The first kappa shape index (κ1) is 15.5. The van der Waals surface area contributed by atoms with Crippen molar-refractivity contribution in [3.05, 3.63) is 28.2 Å². The van der Waals surface area contributed by atoms with E-state index in [1.54, 1.807) is 18.2 Å². The normalized spacial score (nSPS) is 10.3. The van der Waals surface area contributed by atoms with Crippen LogP contribution in [0.2, 0.25) is 0 Å². The molecule has 2 amide bonds. The van der Waals surface area contributed by atoms with Gasteiger partial charge in [-0.1, -0.05) is 19.9 Å². The lowest BCUT2D eigenvalue weighted by Gasteiger charge is -2.10. The van der Waals surface area contributed by atoms with Crippen LogP contribution in [0, 0.1) is 5.92 Å². The maximum absolute atomic E-state index is 11.9. The van der Waals surface area contributed by atoms with Gasteiger partial charge in [-0.05, 0) is 34.0 Å². The fourth-order valence-corrected chi connectivity index (χ4v) is 1.81. The van der Waals surface area contributed by atoms with Gasteiger partial charge in [-0.3, -0.25) is 9.59 Å². The number of nitrogens with two attached hydrogens (primary N) is 1. The summed E-state index contributed by atoms with van der Waals surface area (Å²) in [6.07, 6.45) is 0. The van der Waals surface area contributed by atoms with Crippen LogP contribution >= 0.6 is 15.9 Å². The maximum Gasteiger partial charge on any atom is 0.252 e. The molecule has 0 unspecified atom stereocenters. The van der Waals surface area contributed by atoms with Gasteiger partial charge >= 0.3 is 0 Å². The van der Waals surface area contributed by atoms with Gasteiger partial charge in [-0.2, -0.15) is 0 Å². The molecule has 1 aromatic carbocycles. The summed E-state index contributed by atoms with van der Waals surface area (Å²) < 4.78 is 0.537. The van der Waals surface area contributed by atoms with E-state index >= 15 is 0 Å². The van der Waals surface area contributed by atoms with E-state index in [1.807, 2.05) is 13.8 Å². The molecule has 0 saturated heterocycles. The third-order valence-corrected chi connectivity index (χ3v) is 3.28. The fourth-order valence-electron chi connectivity index (χ4n) is 1.36. The third kappa shape index (κ3) is 4.90. The van der Waals surface area contributed by atoms with Crippen LogP contribution in [0.15, 0.2) is 22.7 Å². The highest BCUT2D eigenvalue weighted by Gasteiger charge is 2.12. The molecule has 0 aliphatic carbocycles. The molecule has 1 rings (SSSR count). The quantitative estimate of drug-likeness (QED) is 0.717. The van der Waals surface area contributed by atoms with Gasteiger partial charge in [0.15, 0.2) is 0 Å². The Morgan fingerprint density at radius 3 is 2.63 bits per heavy atom. The Balaban J connectivity index is 2.52. The number of halogens is 1. The minimum Gasteiger partial charge on any atom is -0.398 e. The van der Waals surface area contributed by atoms with Crippen molar-refractivity contribution in [2.24, 2.45) is 5.92 Å². The number of hydrogen-bond acceptors (Lipinski definition) is 3. The topological polar surface area (TPSA) is 84.2 Å². The van der Waals surface area contributed by atoms with Crippen LogP contribution in [0.25, 0.3) is 0 Å². The van der Waals surface area contributed by atoms with Crippen molar-refractivity contribution in [2.75, 3.05) is 18.8 Å². The Hall–Kier alpha value is -1.56. The summed E-state index contributed by atoms with van der Waals surface area (Å²) in [5.41, 5.74) is 6.59. The molecule has 0 aliphatic rings. The van der Waals surface area contributed by atoms with Crippen LogP contribution in [0.1, 0.15) is 24.2 Å². The van der Waals surface area contributed by atoms with Crippen LogP contribution in [0.4, 0.5) is 5.69 Å². The first-order valence-corrected chi connectivity index (χ1v) is 6.80. The number of anilines is 1. The first-order valence-electron chi connectivity index (χ1n) is 6.00. The second-order valence-corrected chi connectivity index (χ2v) is 5.38. The average molecular weight is 328 g/mol. The lowest BCUT2D eigenvalue weighted by molar-refractivity contribution is -0.120. The summed E-state index contributed by atoms with van der Waals surface area (Å²) in [5.74, 6) is -0.163. The summed E-state index contributed by atoms with van der Waals surface area (Å²) in [4.78, 5) is 23.4. The van der Waals surface area contributed by atoms with Gasteiger partial charge in [-0.15, -0.1) is 0 Å². The van der Waals surface area contributed by atoms with E-state index in [9.17, 15) is 9.59 Å². The minimum atomic E-state index is -0.334. The molecule has 0 fully saturated rings. The molecule has 0 radical (unpaired) electrons. The van der Waals surface area contributed by atoms with Crippen LogP contribution in [0.5, 0.6) is 0 Å². The fraction of sp³-hybridized carbons (Fsp3) is 0.385. The van der Waals surface area contributed by atoms with Gasteiger partial charge < -0.3 is 16.4 Å². The van der Waals surface area contributed by atoms with E-state index in [2.05, 4.69) is 26.6 Å². The number of carbonyl (C=O) groups excluding carboxylic acids is 2. The minimum absolute atomic E-state index is 0.0488. The van der Waals surface area contributed by atoms with Crippen molar-refractivity contribution in [2.45, 2.75) is 13.8 Å². The van der Waals surface area contributed by atoms with E-state index < -0.39 is 0 Å². The Morgan fingerprint density at radius 1 is 1.32 bits per heavy atom. The molecule has 0 spiro atoms. The standard InChI is InChI=1S/C13H18BrN3O2/c1-8(2)6-16-11(18)7-17-13(19)9-4-3-5-10(15)12(9)14/h3-5,8H,6-7,15H2,1-2H3,(H,16,18)(H,17,19). The van der Waals surface area contributed by atoms with Crippen molar-refractivity contribution in [1.82, 2.24) is 10.6 Å². The van der Waals surface area contributed by atoms with E-state index in [1.165, 1.54) is 0 Å². The van der Waals surface area contributed by atoms with E-state index in [0.717, 1.165) is 0 Å². The predicted molar refractivity (Wildman–Crippen MR) is 78.7 cm³/mol. The Morgan fingerprint density at radius 2 is 2.00 bits per heavy atom. The summed E-state index contributed by atoms with van der Waals surface area (Å²) in [7, 11) is 0. The zero-order chi connectivity index (χ0) is 14.4. The van der Waals surface area contributed by atoms with Gasteiger partial charge in [0.25, 0.3) is 5.91 Å². The first-order chi connectivity index (χ1) is 8.91. The highest BCUT2D eigenvalue weighted by molar-refractivity contribution is 9.10. The van der Waals surface area contributed by atoms with Crippen LogP contribution in [0.3, 0.4) is 0 Å². The van der Waals surface area contributed by atoms with Crippen molar-refractivity contribution < 1.29 is 9.59 Å². The smallest absolute Gasteiger partial charge is 0.252 e. The predicted octanol–water partition coefficient (Wildman–Crippen LogP) is 1.53. The van der Waals surface area contributed by atoms with E-state index in [-0.39, 0.29) is 18.4 Å². The Labute approximate surface area is 121 Å². The molecule has 104 valence electrons. The molecule has 0 bridgehead atoms. The second-order valence-electron chi connectivity index (χ2n) is 4.59. The largest absolute Gasteiger partial charge is 0.398 e. The molecule has 0 aliphatic heterocycles. The van der Waals surface area contributed by atoms with Crippen molar-refractivity contribution in [1.29, 1.82) is 0 Å². The average Bonchev–Trinajstić information content (AvgIpc) is 2.36. The molecule has 6 heteroatoms. The molecule has 19 heavy (non-hydrogen) atoms. The molecule has 5 nitrogen and oxygen atoms in total. The summed E-state index contributed by atoms with van der Waals surface area (Å²) in [6.45, 7) is 4.55. The van der Waals surface area contributed by atoms with Crippen LogP contribution < -0.4 is 16.4 Å². The number of nitrogen functional groups attached to an aromatic ring is 1. The van der Waals surface area contributed by atoms with E-state index in [0.29, 0.717) is 28.2 Å². The van der Waals surface area contributed by atoms with Gasteiger partial charge in [0.05, 0.1) is 16.6 Å². The second kappa shape index (κ2) is 7.13. The Bertz CT molecular complexity index is 475. The SMILES string of the molecule is CC(C)CNC(=O)CNC(=O)c1cccc(N)c1Br. The molecular formula is C13H18BrN3O2. The van der Waals surface area contributed by atoms with Crippen molar-refractivity contribution in [3.8, 4) is 0 Å². The summed E-state index contributed by atoms with van der Waals surface area (Å²) in [6, 6.07) is 5.02. The third-order valence-electron chi connectivity index (χ3n) is 2.39. The molecule has 0 atom stereocenters. The monoisotopic (exact) mass is 327 g/mol. The number of nitrogens with one attached hydrogen (secondary N) is 2. The van der Waals surface area contributed by atoms with Crippen molar-refractivity contribution >= 4 is 33.4 Å². The lowest BCUT2D eigenvalue weighted by Crippen LogP contribution is -2.38. The molecule has 1 aromatic rings. The van der Waals surface area contributed by atoms with Crippen LogP contribution in [-0.4, -0.2) is 24.9 Å². The number of rotatable bonds is 5. The summed E-state index contributed by atoms with van der Waals surface area (Å²) in [5, 5.41) is 5.28. The number of carbonyl (C=O) groups is 2.